The van der Waals surface area contributed by atoms with Gasteiger partial charge in [0.05, 0.1) is 12.7 Å². The summed E-state index contributed by atoms with van der Waals surface area (Å²) < 4.78 is 4.87. The molecule has 0 spiro atoms. The smallest absolute Gasteiger partial charge is 0.338 e. The zero-order valence-electron chi connectivity index (χ0n) is 11.5. The molecular formula is C16H14Cl2O2. The minimum atomic E-state index is -0.394. The summed E-state index contributed by atoms with van der Waals surface area (Å²) in [5.74, 6) is -0.394. The third-order valence-electron chi connectivity index (χ3n) is 3.23. The highest BCUT2D eigenvalue weighted by Crippen LogP contribution is 2.34. The number of carbonyl (C=O) groups is 1. The average molecular weight is 309 g/mol. The Balaban J connectivity index is 2.74. The van der Waals surface area contributed by atoms with Crippen molar-refractivity contribution in [3.8, 4) is 11.1 Å². The molecule has 0 fully saturated rings. The minimum Gasteiger partial charge on any atom is -0.465 e. The zero-order valence-corrected chi connectivity index (χ0v) is 13.0. The van der Waals surface area contributed by atoms with Crippen LogP contribution >= 0.6 is 23.2 Å². The van der Waals surface area contributed by atoms with Gasteiger partial charge >= 0.3 is 5.97 Å². The molecule has 104 valence electrons. The van der Waals surface area contributed by atoms with Gasteiger partial charge in [0.15, 0.2) is 0 Å². The van der Waals surface area contributed by atoms with E-state index in [0.29, 0.717) is 15.6 Å². The maximum atomic E-state index is 12.1. The van der Waals surface area contributed by atoms with Gasteiger partial charge in [-0.2, -0.15) is 0 Å². The second kappa shape index (κ2) is 5.86. The Morgan fingerprint density at radius 3 is 2.25 bits per heavy atom. The standard InChI is InChI=1S/C16H14Cl2O2/c1-9-8-13(11-4-6-12(17)7-5-11)14(16(19)20-3)10(2)15(9)18/h4-8H,1-3H3. The second-order valence-electron chi connectivity index (χ2n) is 4.55. The maximum Gasteiger partial charge on any atom is 0.338 e. The van der Waals surface area contributed by atoms with E-state index < -0.39 is 5.97 Å². The van der Waals surface area contributed by atoms with Crippen LogP contribution in [-0.4, -0.2) is 13.1 Å². The molecule has 0 atom stereocenters. The van der Waals surface area contributed by atoms with E-state index in [1.165, 1.54) is 7.11 Å². The van der Waals surface area contributed by atoms with Crippen LogP contribution in [0.3, 0.4) is 0 Å². The normalized spacial score (nSPS) is 10.4. The number of aryl methyl sites for hydroxylation is 1. The van der Waals surface area contributed by atoms with Gasteiger partial charge in [0.2, 0.25) is 0 Å². The summed E-state index contributed by atoms with van der Waals surface area (Å²) in [4.78, 5) is 12.1. The van der Waals surface area contributed by atoms with E-state index >= 15 is 0 Å². The summed E-state index contributed by atoms with van der Waals surface area (Å²) >= 11 is 12.1. The van der Waals surface area contributed by atoms with Crippen LogP contribution in [0.1, 0.15) is 21.5 Å². The molecule has 0 aliphatic heterocycles. The first-order chi connectivity index (χ1) is 9.45. The summed E-state index contributed by atoms with van der Waals surface area (Å²) in [6, 6.07) is 9.22. The molecular weight excluding hydrogens is 295 g/mol. The van der Waals surface area contributed by atoms with E-state index in [4.69, 9.17) is 27.9 Å². The molecule has 0 heterocycles. The number of hydrogen-bond acceptors (Lipinski definition) is 2. The summed E-state index contributed by atoms with van der Waals surface area (Å²) in [5.41, 5.74) is 3.83. The number of carbonyl (C=O) groups excluding carboxylic acids is 1. The molecule has 0 unspecified atom stereocenters. The molecule has 0 aliphatic rings. The van der Waals surface area contributed by atoms with Crippen molar-refractivity contribution >= 4 is 29.2 Å². The van der Waals surface area contributed by atoms with E-state index in [-0.39, 0.29) is 0 Å². The molecule has 0 N–H and O–H groups in total. The molecule has 2 aromatic rings. The molecule has 0 bridgehead atoms. The van der Waals surface area contributed by atoms with Crippen molar-refractivity contribution in [2.75, 3.05) is 7.11 Å². The van der Waals surface area contributed by atoms with Gasteiger partial charge in [-0.15, -0.1) is 0 Å². The number of ether oxygens (including phenoxy) is 1. The fourth-order valence-electron chi connectivity index (χ4n) is 2.18. The van der Waals surface area contributed by atoms with Gasteiger partial charge in [-0.25, -0.2) is 4.79 Å². The summed E-state index contributed by atoms with van der Waals surface area (Å²) in [6.45, 7) is 3.73. The Morgan fingerprint density at radius 2 is 1.70 bits per heavy atom. The van der Waals surface area contributed by atoms with E-state index in [9.17, 15) is 4.79 Å². The van der Waals surface area contributed by atoms with Crippen LogP contribution in [0.4, 0.5) is 0 Å². The van der Waals surface area contributed by atoms with Crippen molar-refractivity contribution in [3.63, 3.8) is 0 Å². The Kier molecular flexibility index (Phi) is 4.36. The van der Waals surface area contributed by atoms with Crippen molar-refractivity contribution in [2.45, 2.75) is 13.8 Å². The van der Waals surface area contributed by atoms with Gasteiger partial charge in [-0.05, 0) is 54.3 Å². The molecule has 4 heteroatoms. The Labute approximate surface area is 128 Å². The van der Waals surface area contributed by atoms with Crippen LogP contribution < -0.4 is 0 Å². The molecule has 2 rings (SSSR count). The number of rotatable bonds is 2. The molecule has 20 heavy (non-hydrogen) atoms. The topological polar surface area (TPSA) is 26.3 Å². The molecule has 0 saturated heterocycles. The van der Waals surface area contributed by atoms with Gasteiger partial charge in [-0.1, -0.05) is 35.3 Å². The molecule has 0 aliphatic carbocycles. The molecule has 0 saturated carbocycles. The van der Waals surface area contributed by atoms with Crippen LogP contribution in [-0.2, 0) is 4.74 Å². The average Bonchev–Trinajstić information content (AvgIpc) is 2.44. The maximum absolute atomic E-state index is 12.1. The highest BCUT2D eigenvalue weighted by atomic mass is 35.5. The fourth-order valence-corrected chi connectivity index (χ4v) is 2.46. The Bertz CT molecular complexity index is 661. The van der Waals surface area contributed by atoms with Crippen molar-refractivity contribution in [1.82, 2.24) is 0 Å². The van der Waals surface area contributed by atoms with Gasteiger partial charge in [0, 0.05) is 10.0 Å². The third kappa shape index (κ3) is 2.67. The lowest BCUT2D eigenvalue weighted by molar-refractivity contribution is 0.0601. The van der Waals surface area contributed by atoms with Crippen LogP contribution in [0.25, 0.3) is 11.1 Å². The third-order valence-corrected chi connectivity index (χ3v) is 4.06. The van der Waals surface area contributed by atoms with Gasteiger partial charge in [-0.3, -0.25) is 0 Å². The van der Waals surface area contributed by atoms with Crippen LogP contribution in [0.2, 0.25) is 10.0 Å². The van der Waals surface area contributed by atoms with E-state index in [0.717, 1.165) is 22.3 Å². The lowest BCUT2D eigenvalue weighted by Gasteiger charge is -2.15. The predicted octanol–water partition coefficient (Wildman–Crippen LogP) is 5.06. The van der Waals surface area contributed by atoms with Gasteiger partial charge < -0.3 is 4.74 Å². The highest BCUT2D eigenvalue weighted by molar-refractivity contribution is 6.33. The molecule has 2 aromatic carbocycles. The Hall–Kier alpha value is -1.51. The summed E-state index contributed by atoms with van der Waals surface area (Å²) in [5, 5.41) is 1.24. The van der Waals surface area contributed by atoms with Crippen LogP contribution in [0, 0.1) is 13.8 Å². The first-order valence-corrected chi connectivity index (χ1v) is 6.85. The van der Waals surface area contributed by atoms with E-state index in [1.807, 2.05) is 32.0 Å². The number of methoxy groups -OCH3 is 1. The fraction of sp³-hybridized carbons (Fsp3) is 0.188. The van der Waals surface area contributed by atoms with Gasteiger partial charge in [0.1, 0.15) is 0 Å². The van der Waals surface area contributed by atoms with Crippen molar-refractivity contribution in [2.24, 2.45) is 0 Å². The van der Waals surface area contributed by atoms with Crippen molar-refractivity contribution < 1.29 is 9.53 Å². The molecule has 0 amide bonds. The minimum absolute atomic E-state index is 0.394. The summed E-state index contributed by atoms with van der Waals surface area (Å²) in [6.07, 6.45) is 0. The lowest BCUT2D eigenvalue weighted by atomic mass is 9.93. The quantitative estimate of drug-likeness (QED) is 0.724. The summed E-state index contributed by atoms with van der Waals surface area (Å²) in [7, 11) is 1.36. The largest absolute Gasteiger partial charge is 0.465 e. The molecule has 2 nitrogen and oxygen atoms in total. The number of esters is 1. The Morgan fingerprint density at radius 1 is 1.10 bits per heavy atom. The van der Waals surface area contributed by atoms with Crippen LogP contribution in [0.5, 0.6) is 0 Å². The second-order valence-corrected chi connectivity index (χ2v) is 5.37. The first kappa shape index (κ1) is 14.9. The van der Waals surface area contributed by atoms with E-state index in [1.54, 1.807) is 12.1 Å². The number of benzene rings is 2. The SMILES string of the molecule is COC(=O)c1c(-c2ccc(Cl)cc2)cc(C)c(Cl)c1C. The number of hydrogen-bond donors (Lipinski definition) is 0. The number of halogens is 2. The van der Waals surface area contributed by atoms with E-state index in [2.05, 4.69) is 0 Å². The monoisotopic (exact) mass is 308 g/mol. The first-order valence-electron chi connectivity index (χ1n) is 6.09. The van der Waals surface area contributed by atoms with Crippen LogP contribution in [0.15, 0.2) is 30.3 Å². The highest BCUT2D eigenvalue weighted by Gasteiger charge is 2.19. The lowest BCUT2D eigenvalue weighted by Crippen LogP contribution is -2.07. The molecule has 0 radical (unpaired) electrons. The van der Waals surface area contributed by atoms with Crippen molar-refractivity contribution in [1.29, 1.82) is 0 Å². The van der Waals surface area contributed by atoms with Crippen molar-refractivity contribution in [3.05, 3.63) is 57.1 Å². The van der Waals surface area contributed by atoms with Gasteiger partial charge in [0.25, 0.3) is 0 Å². The zero-order chi connectivity index (χ0) is 14.9. The molecule has 0 aromatic heterocycles. The predicted molar refractivity (Wildman–Crippen MR) is 82.7 cm³/mol.